The molecule has 8 heteroatoms. The van der Waals surface area contributed by atoms with Gasteiger partial charge >= 0.3 is 11.5 Å². The van der Waals surface area contributed by atoms with Gasteiger partial charge in [-0.25, -0.2) is 0 Å². The maximum atomic E-state index is 12.6. The first-order valence-electron chi connectivity index (χ1n) is 10.6. The maximum absolute atomic E-state index is 12.6. The Hall–Kier alpha value is -2.87. The Labute approximate surface area is 191 Å². The molecule has 3 aromatic rings. The average molecular weight is 457 g/mol. The van der Waals surface area contributed by atoms with Gasteiger partial charge in [-0.1, -0.05) is 72.3 Å². The highest BCUT2D eigenvalue weighted by atomic mass is 35.5. The number of rotatable bonds is 8. The molecule has 32 heavy (non-hydrogen) atoms. The molecule has 0 spiro atoms. The number of morpholine rings is 1. The number of esters is 1. The molecule has 0 radical (unpaired) electrons. The number of hydrogen-bond donors (Lipinski definition) is 0. The van der Waals surface area contributed by atoms with Crippen LogP contribution in [0.2, 0.25) is 5.02 Å². The Morgan fingerprint density at radius 2 is 1.69 bits per heavy atom. The number of aryl methyl sites for hydroxylation is 1. The van der Waals surface area contributed by atoms with Gasteiger partial charge in [0.1, 0.15) is 0 Å². The molecule has 7 nitrogen and oxygen atoms in total. The van der Waals surface area contributed by atoms with Crippen molar-refractivity contribution in [3.8, 4) is 11.3 Å². The molecule has 1 fully saturated rings. The first kappa shape index (κ1) is 22.3. The summed E-state index contributed by atoms with van der Waals surface area (Å²) in [5, 5.41) is 0.0418. The molecule has 2 heterocycles. The predicted molar refractivity (Wildman–Crippen MR) is 120 cm³/mol. The van der Waals surface area contributed by atoms with E-state index in [0.717, 1.165) is 11.1 Å². The first-order valence-corrected chi connectivity index (χ1v) is 11.0. The lowest BCUT2D eigenvalue weighted by molar-refractivity contribution is -0.164. The van der Waals surface area contributed by atoms with Crippen molar-refractivity contribution in [3.05, 3.63) is 81.6 Å². The fourth-order valence-electron chi connectivity index (χ4n) is 3.68. The standard InChI is InChI=1S/C24H25ClN2O5/c25-22-23(19-9-5-2-6-10-19)32-27(24(22)29)12-11-20(26-13-15-30-16-14-26)31-21(28)17-18-7-3-1-4-8-18/h1-10,20H,11-17H2. The van der Waals surface area contributed by atoms with Gasteiger partial charge in [-0.2, -0.15) is 4.74 Å². The third-order valence-electron chi connectivity index (χ3n) is 5.34. The number of ether oxygens (including phenoxy) is 2. The second-order valence-corrected chi connectivity index (χ2v) is 7.93. The molecule has 1 unspecified atom stereocenters. The summed E-state index contributed by atoms with van der Waals surface area (Å²) < 4.78 is 18.2. The minimum atomic E-state index is -0.494. The van der Waals surface area contributed by atoms with Crippen molar-refractivity contribution in [3.63, 3.8) is 0 Å². The van der Waals surface area contributed by atoms with E-state index in [4.69, 9.17) is 25.6 Å². The van der Waals surface area contributed by atoms with Gasteiger partial charge in [0.25, 0.3) is 0 Å². The minimum Gasteiger partial charge on any atom is -0.446 e. The quantitative estimate of drug-likeness (QED) is 0.482. The summed E-state index contributed by atoms with van der Waals surface area (Å²) in [6, 6.07) is 18.7. The van der Waals surface area contributed by atoms with Crippen LogP contribution in [0.25, 0.3) is 11.3 Å². The summed E-state index contributed by atoms with van der Waals surface area (Å²) in [4.78, 5) is 27.3. The maximum Gasteiger partial charge on any atom is 0.311 e. The molecule has 0 N–H and O–H groups in total. The molecule has 4 rings (SSSR count). The summed E-state index contributed by atoms with van der Waals surface area (Å²) in [7, 11) is 0. The Bertz CT molecular complexity index is 1070. The fourth-order valence-corrected chi connectivity index (χ4v) is 3.92. The molecule has 1 aliphatic heterocycles. The van der Waals surface area contributed by atoms with Gasteiger partial charge in [0.05, 0.1) is 26.2 Å². The molecule has 0 bridgehead atoms. The second-order valence-electron chi connectivity index (χ2n) is 7.55. The van der Waals surface area contributed by atoms with Crippen LogP contribution in [0.1, 0.15) is 12.0 Å². The molecule has 1 saturated heterocycles. The number of halogens is 1. The average Bonchev–Trinajstić information content (AvgIpc) is 3.12. The van der Waals surface area contributed by atoms with E-state index < -0.39 is 11.8 Å². The van der Waals surface area contributed by atoms with E-state index in [1.54, 1.807) is 0 Å². The SMILES string of the molecule is O=C(Cc1ccccc1)OC(CCn1oc(-c2ccccc2)c(Cl)c1=O)N1CCOCC1. The number of hydrogen-bond acceptors (Lipinski definition) is 6. The Morgan fingerprint density at radius 3 is 2.38 bits per heavy atom. The Kier molecular flexibility index (Phi) is 7.42. The molecule has 0 aliphatic carbocycles. The van der Waals surface area contributed by atoms with Crippen LogP contribution in [0.3, 0.4) is 0 Å². The van der Waals surface area contributed by atoms with Crippen LogP contribution in [-0.2, 0) is 27.2 Å². The summed E-state index contributed by atoms with van der Waals surface area (Å²) in [6.07, 6.45) is 0.0799. The van der Waals surface area contributed by atoms with Crippen LogP contribution < -0.4 is 5.56 Å². The summed E-state index contributed by atoms with van der Waals surface area (Å²) in [6.45, 7) is 2.65. The van der Waals surface area contributed by atoms with E-state index in [2.05, 4.69) is 4.90 Å². The van der Waals surface area contributed by atoms with Crippen molar-refractivity contribution in [2.45, 2.75) is 25.6 Å². The Balaban J connectivity index is 1.47. The van der Waals surface area contributed by atoms with Crippen LogP contribution in [0.5, 0.6) is 0 Å². The van der Waals surface area contributed by atoms with E-state index in [0.29, 0.717) is 38.5 Å². The van der Waals surface area contributed by atoms with Gasteiger partial charge in [-0.15, -0.1) is 0 Å². The van der Waals surface area contributed by atoms with Gasteiger partial charge in [-0.05, 0) is 5.56 Å². The molecule has 168 valence electrons. The number of aromatic nitrogens is 1. The Morgan fingerprint density at radius 1 is 1.03 bits per heavy atom. The monoisotopic (exact) mass is 456 g/mol. The molecule has 1 aliphatic rings. The fraction of sp³-hybridized carbons (Fsp3) is 0.333. The van der Waals surface area contributed by atoms with Gasteiger partial charge in [-0.3, -0.25) is 14.5 Å². The van der Waals surface area contributed by atoms with E-state index in [9.17, 15) is 9.59 Å². The third kappa shape index (κ3) is 5.48. The molecule has 1 atom stereocenters. The summed E-state index contributed by atoms with van der Waals surface area (Å²) in [5.41, 5.74) is 1.22. The van der Waals surface area contributed by atoms with Crippen molar-refractivity contribution in [2.75, 3.05) is 26.3 Å². The zero-order valence-corrected chi connectivity index (χ0v) is 18.4. The van der Waals surface area contributed by atoms with Crippen molar-refractivity contribution < 1.29 is 18.8 Å². The molecule has 0 amide bonds. The van der Waals surface area contributed by atoms with Crippen LogP contribution in [0.4, 0.5) is 0 Å². The predicted octanol–water partition coefficient (Wildman–Crippen LogP) is 3.60. The zero-order chi connectivity index (χ0) is 22.3. The molecular formula is C24H25ClN2O5. The van der Waals surface area contributed by atoms with Gasteiger partial charge in [0, 0.05) is 25.1 Å². The topological polar surface area (TPSA) is 73.9 Å². The van der Waals surface area contributed by atoms with Crippen LogP contribution >= 0.6 is 11.6 Å². The van der Waals surface area contributed by atoms with E-state index in [1.165, 1.54) is 4.74 Å². The van der Waals surface area contributed by atoms with E-state index in [-0.39, 0.29) is 24.0 Å². The summed E-state index contributed by atoms with van der Waals surface area (Å²) >= 11 is 6.25. The number of nitrogens with zero attached hydrogens (tertiary/aromatic N) is 2. The number of carbonyl (C=O) groups is 1. The smallest absolute Gasteiger partial charge is 0.311 e. The first-order chi connectivity index (χ1) is 15.6. The zero-order valence-electron chi connectivity index (χ0n) is 17.6. The van der Waals surface area contributed by atoms with Crippen molar-refractivity contribution in [1.29, 1.82) is 0 Å². The highest BCUT2D eigenvalue weighted by Crippen LogP contribution is 2.25. The molecule has 0 saturated carbocycles. The lowest BCUT2D eigenvalue weighted by atomic mass is 10.1. The third-order valence-corrected chi connectivity index (χ3v) is 5.68. The second kappa shape index (κ2) is 10.6. The van der Waals surface area contributed by atoms with Gasteiger partial charge in [0.2, 0.25) is 0 Å². The van der Waals surface area contributed by atoms with Crippen molar-refractivity contribution >= 4 is 17.6 Å². The lowest BCUT2D eigenvalue weighted by Crippen LogP contribution is -2.46. The van der Waals surface area contributed by atoms with Crippen LogP contribution in [0, 0.1) is 0 Å². The molecular weight excluding hydrogens is 432 g/mol. The highest BCUT2D eigenvalue weighted by Gasteiger charge is 2.26. The van der Waals surface area contributed by atoms with Crippen molar-refractivity contribution in [2.24, 2.45) is 0 Å². The largest absolute Gasteiger partial charge is 0.446 e. The minimum absolute atomic E-state index is 0.0418. The number of benzene rings is 2. The molecule has 2 aromatic carbocycles. The van der Waals surface area contributed by atoms with Crippen molar-refractivity contribution in [1.82, 2.24) is 9.64 Å². The van der Waals surface area contributed by atoms with Crippen LogP contribution in [0.15, 0.2) is 70.0 Å². The van der Waals surface area contributed by atoms with Gasteiger partial charge < -0.3 is 14.0 Å². The highest BCUT2D eigenvalue weighted by molar-refractivity contribution is 6.32. The lowest BCUT2D eigenvalue weighted by Gasteiger charge is -2.33. The number of carbonyl (C=O) groups excluding carboxylic acids is 1. The van der Waals surface area contributed by atoms with E-state index in [1.807, 2.05) is 60.7 Å². The normalized spacial score (nSPS) is 15.4. The van der Waals surface area contributed by atoms with Crippen LogP contribution in [-0.4, -0.2) is 48.1 Å². The molecule has 1 aromatic heterocycles. The van der Waals surface area contributed by atoms with Gasteiger partial charge in [0.15, 0.2) is 17.0 Å². The van der Waals surface area contributed by atoms with E-state index >= 15 is 0 Å². The summed E-state index contributed by atoms with van der Waals surface area (Å²) in [5.74, 6) is 0.0174.